The topological polar surface area (TPSA) is 24.1 Å². The molecule has 0 bridgehead atoms. The Balaban J connectivity index is 5.00. The average Bonchev–Trinajstić information content (AvgIpc) is 2.00. The first-order valence-corrected chi connectivity index (χ1v) is 3.13. The van der Waals surface area contributed by atoms with Crippen LogP contribution >= 0.6 is 0 Å². The van der Waals surface area contributed by atoms with E-state index < -0.39 is 18.0 Å². The van der Waals surface area contributed by atoms with E-state index in [1.54, 1.807) is 0 Å². The van der Waals surface area contributed by atoms with Gasteiger partial charge in [0.2, 0.25) is 0 Å². The minimum absolute atomic E-state index is 0.649. The zero-order valence-corrected chi connectivity index (χ0v) is 6.77. The Hall–Kier alpha value is -0.500. The highest BCUT2D eigenvalue weighted by atomic mass is 19.4. The summed E-state index contributed by atoms with van der Waals surface area (Å²) < 4.78 is 72.4. The molecule has 0 radical (unpaired) electrons. The molecule has 0 fully saturated rings. The van der Waals surface area contributed by atoms with Gasteiger partial charge < -0.3 is 0 Å². The number of alkyl halides is 6. The Bertz CT molecular complexity index is 172. The third kappa shape index (κ3) is 1.88. The van der Waals surface area contributed by atoms with Crippen LogP contribution in [-0.4, -0.2) is 32.1 Å². The summed E-state index contributed by atoms with van der Waals surface area (Å²) in [6, 6.07) is 0. The van der Waals surface area contributed by atoms with Crippen molar-refractivity contribution in [3.8, 4) is 0 Å². The van der Waals surface area contributed by atoms with Crippen molar-refractivity contribution in [2.24, 2.45) is 0 Å². The third-order valence-electron chi connectivity index (χ3n) is 1.48. The van der Waals surface area contributed by atoms with Crippen LogP contribution in [0.2, 0.25) is 0 Å². The van der Waals surface area contributed by atoms with Crippen LogP contribution < -0.4 is 10.6 Å². The Morgan fingerprint density at radius 3 is 1.15 bits per heavy atom. The van der Waals surface area contributed by atoms with Crippen molar-refractivity contribution in [2.75, 3.05) is 14.1 Å². The maximum absolute atomic E-state index is 12.8. The molecular formula is C5H8F6N2. The lowest BCUT2D eigenvalue weighted by atomic mass is 10.2. The van der Waals surface area contributed by atoms with E-state index in [2.05, 4.69) is 0 Å². The zero-order valence-electron chi connectivity index (χ0n) is 6.77. The molecule has 0 spiro atoms. The summed E-state index contributed by atoms with van der Waals surface area (Å²) in [5.41, 5.74) is 0. The highest BCUT2D eigenvalue weighted by Crippen LogP contribution is 2.42. The van der Waals surface area contributed by atoms with Crippen LogP contribution in [-0.2, 0) is 0 Å². The molecule has 13 heavy (non-hydrogen) atoms. The van der Waals surface area contributed by atoms with Crippen LogP contribution in [0.1, 0.15) is 0 Å². The summed E-state index contributed by atoms with van der Waals surface area (Å²) in [4.78, 5) is 0. The Kier molecular flexibility index (Phi) is 3.21. The molecule has 2 nitrogen and oxygen atoms in total. The fraction of sp³-hybridized carbons (Fsp3) is 1.00. The zero-order chi connectivity index (χ0) is 10.9. The Morgan fingerprint density at radius 2 is 1.08 bits per heavy atom. The summed E-state index contributed by atoms with van der Waals surface area (Å²) in [5, 5.41) is 2.45. The fourth-order valence-corrected chi connectivity index (χ4v) is 0.634. The summed E-state index contributed by atoms with van der Waals surface area (Å²) in [5.74, 6) is -9.49. The molecule has 8 heteroatoms. The average molecular weight is 210 g/mol. The molecule has 0 saturated heterocycles. The van der Waals surface area contributed by atoms with Gasteiger partial charge in [0, 0.05) is 0 Å². The van der Waals surface area contributed by atoms with Crippen molar-refractivity contribution in [1.82, 2.24) is 10.6 Å². The highest BCUT2D eigenvalue weighted by molar-refractivity contribution is 4.93. The van der Waals surface area contributed by atoms with Crippen molar-refractivity contribution in [1.29, 1.82) is 0 Å². The van der Waals surface area contributed by atoms with Crippen LogP contribution in [0.15, 0.2) is 0 Å². The molecule has 0 aliphatic heterocycles. The molecule has 0 aromatic carbocycles. The lowest BCUT2D eigenvalue weighted by Gasteiger charge is -2.33. The largest absolute Gasteiger partial charge is 0.459 e. The first-order valence-electron chi connectivity index (χ1n) is 3.13. The van der Waals surface area contributed by atoms with Gasteiger partial charge in [0.05, 0.1) is 0 Å². The van der Waals surface area contributed by atoms with E-state index in [9.17, 15) is 26.3 Å². The quantitative estimate of drug-likeness (QED) is 0.416. The maximum atomic E-state index is 12.8. The van der Waals surface area contributed by atoms with Crippen molar-refractivity contribution in [3.05, 3.63) is 0 Å². The van der Waals surface area contributed by atoms with E-state index in [0.717, 1.165) is 0 Å². The van der Waals surface area contributed by atoms with Crippen LogP contribution in [0.25, 0.3) is 0 Å². The summed E-state index contributed by atoms with van der Waals surface area (Å²) in [6.07, 6.45) is -5.95. The molecule has 0 amide bonds. The lowest BCUT2D eigenvalue weighted by Crippen LogP contribution is -2.67. The van der Waals surface area contributed by atoms with Crippen LogP contribution in [0.3, 0.4) is 0 Å². The minimum Gasteiger partial charge on any atom is -0.270 e. The van der Waals surface area contributed by atoms with E-state index in [1.165, 1.54) is 10.6 Å². The SMILES string of the molecule is CNC(F)(NC)C(F)(F)C(F)(F)F. The normalized spacial score (nSPS) is 14.8. The first kappa shape index (κ1) is 12.5. The van der Waals surface area contributed by atoms with Gasteiger partial charge in [-0.2, -0.15) is 22.0 Å². The molecule has 2 N–H and O–H groups in total. The number of hydrogen-bond acceptors (Lipinski definition) is 2. The van der Waals surface area contributed by atoms with E-state index in [0.29, 0.717) is 14.1 Å². The maximum Gasteiger partial charge on any atom is 0.459 e. The van der Waals surface area contributed by atoms with Gasteiger partial charge in [-0.25, -0.2) is 4.39 Å². The van der Waals surface area contributed by atoms with Crippen molar-refractivity contribution in [3.63, 3.8) is 0 Å². The predicted octanol–water partition coefficient (Wildman–Crippen LogP) is 1.25. The van der Waals surface area contributed by atoms with Gasteiger partial charge in [0.15, 0.2) is 0 Å². The van der Waals surface area contributed by atoms with Crippen molar-refractivity contribution < 1.29 is 26.3 Å². The van der Waals surface area contributed by atoms with E-state index in [4.69, 9.17) is 0 Å². The van der Waals surface area contributed by atoms with Crippen LogP contribution in [0, 0.1) is 0 Å². The number of nitrogens with one attached hydrogen (secondary N) is 2. The summed E-state index contributed by atoms with van der Waals surface area (Å²) in [6.45, 7) is 0. The van der Waals surface area contributed by atoms with Crippen LogP contribution in [0.5, 0.6) is 0 Å². The highest BCUT2D eigenvalue weighted by Gasteiger charge is 2.71. The van der Waals surface area contributed by atoms with E-state index >= 15 is 0 Å². The molecule has 0 aliphatic rings. The second kappa shape index (κ2) is 3.33. The fourth-order valence-electron chi connectivity index (χ4n) is 0.634. The Morgan fingerprint density at radius 1 is 0.769 bits per heavy atom. The predicted molar refractivity (Wildman–Crippen MR) is 33.0 cm³/mol. The molecule has 0 aromatic rings. The number of halogens is 6. The van der Waals surface area contributed by atoms with Gasteiger partial charge in [0.25, 0.3) is 5.92 Å². The number of rotatable bonds is 3. The molecular weight excluding hydrogens is 202 g/mol. The standard InChI is InChI=1S/C5H8F6N2/c1-12-5(11,13-2)3(6,7)4(8,9)10/h12-13H,1-2H3. The van der Waals surface area contributed by atoms with E-state index in [1.807, 2.05) is 0 Å². The number of hydrogen-bond donors (Lipinski definition) is 2. The second-order valence-electron chi connectivity index (χ2n) is 2.23. The molecule has 0 heterocycles. The molecule has 0 unspecified atom stereocenters. The summed E-state index contributed by atoms with van der Waals surface area (Å²) in [7, 11) is 1.30. The third-order valence-corrected chi connectivity index (χ3v) is 1.48. The molecule has 0 rings (SSSR count). The molecule has 0 atom stereocenters. The molecule has 0 aliphatic carbocycles. The van der Waals surface area contributed by atoms with E-state index in [-0.39, 0.29) is 0 Å². The minimum atomic E-state index is -5.95. The van der Waals surface area contributed by atoms with Gasteiger partial charge in [-0.15, -0.1) is 0 Å². The van der Waals surface area contributed by atoms with Crippen LogP contribution in [0.4, 0.5) is 26.3 Å². The van der Waals surface area contributed by atoms with Crippen molar-refractivity contribution in [2.45, 2.75) is 18.0 Å². The Labute approximate surface area is 70.3 Å². The monoisotopic (exact) mass is 210 g/mol. The van der Waals surface area contributed by atoms with Gasteiger partial charge in [-0.05, 0) is 14.1 Å². The molecule has 0 saturated carbocycles. The lowest BCUT2D eigenvalue weighted by molar-refractivity contribution is -0.337. The second-order valence-corrected chi connectivity index (χ2v) is 2.23. The molecule has 80 valence electrons. The smallest absolute Gasteiger partial charge is 0.270 e. The molecule has 0 aromatic heterocycles. The van der Waals surface area contributed by atoms with Gasteiger partial charge in [-0.1, -0.05) is 0 Å². The van der Waals surface area contributed by atoms with Crippen molar-refractivity contribution >= 4 is 0 Å². The van der Waals surface area contributed by atoms with Gasteiger partial charge in [0.1, 0.15) is 0 Å². The van der Waals surface area contributed by atoms with Gasteiger partial charge >= 0.3 is 12.1 Å². The van der Waals surface area contributed by atoms with Gasteiger partial charge in [-0.3, -0.25) is 10.6 Å². The summed E-state index contributed by atoms with van der Waals surface area (Å²) >= 11 is 0. The first-order chi connectivity index (χ1) is 5.62.